The average molecular weight is 581 g/mol. The molecule has 35 heavy (non-hydrogen) atoms. The van der Waals surface area contributed by atoms with E-state index >= 15 is 0 Å². The molecule has 0 aliphatic rings. The predicted molar refractivity (Wildman–Crippen MR) is 132 cm³/mol. The van der Waals surface area contributed by atoms with Crippen molar-refractivity contribution in [3.05, 3.63) is 98.4 Å². The van der Waals surface area contributed by atoms with Crippen LogP contribution < -0.4 is 5.32 Å². The molecule has 0 fully saturated rings. The number of nitrogens with one attached hydrogen (secondary N) is 1. The van der Waals surface area contributed by atoms with Crippen LogP contribution in [0, 0.1) is 0 Å². The minimum absolute atomic E-state index is 0.00371. The summed E-state index contributed by atoms with van der Waals surface area (Å²) in [5, 5.41) is 12.9. The minimum atomic E-state index is -2.16. The second kappa shape index (κ2) is 11.8. The summed E-state index contributed by atoms with van der Waals surface area (Å²) in [5.74, 6) is -4.80. The third kappa shape index (κ3) is 7.29. The van der Waals surface area contributed by atoms with Crippen LogP contribution in [0.4, 0.5) is 5.69 Å². The molecule has 0 aliphatic heterocycles. The number of anilines is 1. The van der Waals surface area contributed by atoms with Gasteiger partial charge in [-0.1, -0.05) is 39.1 Å². The van der Waals surface area contributed by atoms with Crippen LogP contribution in [0.15, 0.2) is 77.3 Å². The van der Waals surface area contributed by atoms with E-state index in [9.17, 15) is 24.3 Å². The summed E-state index contributed by atoms with van der Waals surface area (Å²) >= 11 is 14.9. The molecule has 0 unspecified atom stereocenters. The molecule has 0 bridgehead atoms. The zero-order chi connectivity index (χ0) is 25.5. The quantitative estimate of drug-likeness (QED) is 0.350. The van der Waals surface area contributed by atoms with Crippen LogP contribution in [0.1, 0.15) is 20.7 Å². The van der Waals surface area contributed by atoms with Gasteiger partial charge in [-0.15, -0.1) is 0 Å². The zero-order valence-electron chi connectivity index (χ0n) is 17.6. The standard InChI is InChI=1S/C24H16BrCl2NO7/c25-15-5-11-18(12-6-15)28-21(29)19(34-23(32)13-1-7-16(26)8-2-13)20(22(30)31)35-24(33)14-3-9-17(27)10-4-14/h1-12,19-20H,(H,28,29)(H,30,31)/t19-,20-/m0/s1. The number of halogens is 3. The molecule has 3 aromatic carbocycles. The summed E-state index contributed by atoms with van der Waals surface area (Å²) < 4.78 is 11.1. The van der Waals surface area contributed by atoms with Gasteiger partial charge < -0.3 is 19.9 Å². The summed E-state index contributed by atoms with van der Waals surface area (Å²) in [6, 6.07) is 17.3. The van der Waals surface area contributed by atoms with Crippen LogP contribution >= 0.6 is 39.1 Å². The summed E-state index contributed by atoms with van der Waals surface area (Å²) in [5.41, 5.74) is 0.277. The number of carbonyl (C=O) groups is 4. The van der Waals surface area contributed by atoms with E-state index in [2.05, 4.69) is 21.2 Å². The topological polar surface area (TPSA) is 119 Å². The number of benzene rings is 3. The summed E-state index contributed by atoms with van der Waals surface area (Å²) in [4.78, 5) is 50.3. The highest BCUT2D eigenvalue weighted by Gasteiger charge is 2.41. The smallest absolute Gasteiger partial charge is 0.349 e. The van der Waals surface area contributed by atoms with Gasteiger partial charge in [0.25, 0.3) is 5.91 Å². The van der Waals surface area contributed by atoms with E-state index in [0.717, 1.165) is 4.47 Å². The Balaban J connectivity index is 1.90. The van der Waals surface area contributed by atoms with E-state index in [1.54, 1.807) is 12.1 Å². The highest BCUT2D eigenvalue weighted by atomic mass is 79.9. The van der Waals surface area contributed by atoms with Crippen LogP contribution in [0.5, 0.6) is 0 Å². The van der Waals surface area contributed by atoms with Crippen LogP contribution in [-0.4, -0.2) is 41.1 Å². The maximum absolute atomic E-state index is 13.0. The average Bonchev–Trinajstić information content (AvgIpc) is 2.83. The maximum Gasteiger partial charge on any atom is 0.349 e. The van der Waals surface area contributed by atoms with Crippen molar-refractivity contribution in [3.8, 4) is 0 Å². The van der Waals surface area contributed by atoms with E-state index < -0.39 is 36.0 Å². The van der Waals surface area contributed by atoms with Crippen LogP contribution in [-0.2, 0) is 19.1 Å². The lowest BCUT2D eigenvalue weighted by Gasteiger charge is -2.23. The predicted octanol–water partition coefficient (Wildman–Crippen LogP) is 5.23. The maximum atomic E-state index is 13.0. The van der Waals surface area contributed by atoms with Crippen molar-refractivity contribution < 1.29 is 33.8 Å². The molecular formula is C24H16BrCl2NO7. The molecule has 0 heterocycles. The molecule has 1 amide bonds. The second-order valence-electron chi connectivity index (χ2n) is 7.00. The van der Waals surface area contributed by atoms with Crippen molar-refractivity contribution in [2.75, 3.05) is 5.32 Å². The molecule has 2 atom stereocenters. The lowest BCUT2D eigenvalue weighted by molar-refractivity contribution is -0.157. The number of aliphatic carboxylic acids is 1. The highest BCUT2D eigenvalue weighted by Crippen LogP contribution is 2.19. The highest BCUT2D eigenvalue weighted by molar-refractivity contribution is 9.10. The van der Waals surface area contributed by atoms with Crippen LogP contribution in [0.3, 0.4) is 0 Å². The number of rotatable bonds is 8. The fourth-order valence-corrected chi connectivity index (χ4v) is 3.30. The number of carboxylic acids is 1. The van der Waals surface area contributed by atoms with E-state index in [1.807, 2.05) is 0 Å². The number of ether oxygens (including phenoxy) is 2. The fourth-order valence-electron chi connectivity index (χ4n) is 2.78. The molecule has 11 heteroatoms. The summed E-state index contributed by atoms with van der Waals surface area (Å²) in [6.45, 7) is 0. The molecule has 0 aliphatic carbocycles. The van der Waals surface area contributed by atoms with Crippen LogP contribution in [0.25, 0.3) is 0 Å². The van der Waals surface area contributed by atoms with Gasteiger partial charge in [0.05, 0.1) is 11.1 Å². The number of carboxylic acid groups (broad SMARTS) is 1. The molecule has 0 spiro atoms. The van der Waals surface area contributed by atoms with Gasteiger partial charge in [-0.25, -0.2) is 14.4 Å². The number of hydrogen-bond acceptors (Lipinski definition) is 6. The first-order chi connectivity index (χ1) is 16.6. The molecule has 3 rings (SSSR count). The first-order valence-electron chi connectivity index (χ1n) is 9.86. The van der Waals surface area contributed by atoms with Gasteiger partial charge in [-0.05, 0) is 72.8 Å². The Morgan fingerprint density at radius 1 is 0.714 bits per heavy atom. The van der Waals surface area contributed by atoms with Gasteiger partial charge in [-0.3, -0.25) is 4.79 Å². The van der Waals surface area contributed by atoms with Gasteiger partial charge in [-0.2, -0.15) is 0 Å². The molecule has 0 saturated carbocycles. The van der Waals surface area contributed by atoms with Crippen molar-refractivity contribution in [1.82, 2.24) is 0 Å². The number of amides is 1. The monoisotopic (exact) mass is 579 g/mol. The lowest BCUT2D eigenvalue weighted by Crippen LogP contribution is -2.48. The van der Waals surface area contributed by atoms with E-state index in [0.29, 0.717) is 15.7 Å². The Kier molecular flexibility index (Phi) is 8.86. The molecule has 8 nitrogen and oxygen atoms in total. The lowest BCUT2D eigenvalue weighted by atomic mass is 10.1. The minimum Gasteiger partial charge on any atom is -0.478 e. The van der Waals surface area contributed by atoms with Gasteiger partial charge in [0, 0.05) is 20.2 Å². The third-order valence-electron chi connectivity index (χ3n) is 4.52. The Morgan fingerprint density at radius 2 is 1.14 bits per heavy atom. The van der Waals surface area contributed by atoms with E-state index in [1.165, 1.54) is 60.7 Å². The van der Waals surface area contributed by atoms with E-state index in [4.69, 9.17) is 32.7 Å². The van der Waals surface area contributed by atoms with Gasteiger partial charge in [0.15, 0.2) is 0 Å². The Bertz CT molecular complexity index is 1230. The fraction of sp³-hybridized carbons (Fsp3) is 0.0833. The van der Waals surface area contributed by atoms with Crippen molar-refractivity contribution in [2.45, 2.75) is 12.2 Å². The second-order valence-corrected chi connectivity index (χ2v) is 8.79. The largest absolute Gasteiger partial charge is 0.478 e. The first-order valence-corrected chi connectivity index (χ1v) is 11.4. The van der Waals surface area contributed by atoms with E-state index in [-0.39, 0.29) is 11.1 Å². The Labute approximate surface area is 217 Å². The molecule has 0 radical (unpaired) electrons. The zero-order valence-corrected chi connectivity index (χ0v) is 20.7. The number of hydrogen-bond donors (Lipinski definition) is 2. The third-order valence-corrected chi connectivity index (χ3v) is 5.55. The number of carbonyl (C=O) groups excluding carboxylic acids is 3. The normalized spacial score (nSPS) is 12.2. The van der Waals surface area contributed by atoms with Gasteiger partial charge in [0.1, 0.15) is 0 Å². The van der Waals surface area contributed by atoms with Crippen LogP contribution in [0.2, 0.25) is 10.0 Å². The van der Waals surface area contributed by atoms with Gasteiger partial charge >= 0.3 is 17.9 Å². The molecular weight excluding hydrogens is 565 g/mol. The SMILES string of the molecule is O=C(O[C@H](C(=O)O)[C@H](OC(=O)c1ccc(Cl)cc1)C(=O)Nc1ccc(Br)cc1)c1ccc(Cl)cc1. The molecule has 0 saturated heterocycles. The van der Waals surface area contributed by atoms with Crippen molar-refractivity contribution >= 4 is 68.6 Å². The van der Waals surface area contributed by atoms with Crippen molar-refractivity contribution in [1.29, 1.82) is 0 Å². The molecule has 2 N–H and O–H groups in total. The van der Waals surface area contributed by atoms with Crippen molar-refractivity contribution in [3.63, 3.8) is 0 Å². The summed E-state index contributed by atoms with van der Waals surface area (Å²) in [7, 11) is 0. The summed E-state index contributed by atoms with van der Waals surface area (Å²) in [6.07, 6.45) is -4.19. The Morgan fingerprint density at radius 3 is 1.57 bits per heavy atom. The number of esters is 2. The first kappa shape index (κ1) is 26.2. The molecule has 0 aromatic heterocycles. The molecule has 3 aromatic rings. The Hall–Kier alpha value is -3.40. The van der Waals surface area contributed by atoms with Crippen molar-refractivity contribution in [2.24, 2.45) is 0 Å². The van der Waals surface area contributed by atoms with Gasteiger partial charge in [0.2, 0.25) is 12.2 Å². The molecule has 180 valence electrons.